The van der Waals surface area contributed by atoms with Crippen LogP contribution in [0.4, 0.5) is 5.69 Å². The van der Waals surface area contributed by atoms with E-state index in [-0.39, 0.29) is 23.8 Å². The Labute approximate surface area is 273 Å². The molecular weight excluding hydrogens is 689 g/mol. The lowest BCUT2D eigenvalue weighted by Crippen LogP contribution is -2.53. The third-order valence-electron chi connectivity index (χ3n) is 7.03. The van der Waals surface area contributed by atoms with E-state index in [1.54, 1.807) is 61.7 Å². The molecule has 10 heteroatoms. The quantitative estimate of drug-likeness (QED) is 0.170. The molecule has 44 heavy (non-hydrogen) atoms. The number of nitrogens with one attached hydrogen (secondary N) is 1. The second-order valence-electron chi connectivity index (χ2n) is 10.2. The van der Waals surface area contributed by atoms with Crippen LogP contribution in [0.2, 0.25) is 0 Å². The van der Waals surface area contributed by atoms with Crippen molar-refractivity contribution in [3.63, 3.8) is 0 Å². The molecule has 230 valence electrons. The maximum atomic E-state index is 14.4. The Morgan fingerprint density at radius 3 is 2.14 bits per heavy atom. The summed E-state index contributed by atoms with van der Waals surface area (Å²) in [5, 5.41) is 2.95. The van der Waals surface area contributed by atoms with Gasteiger partial charge in [0.05, 0.1) is 17.7 Å². The number of anilines is 1. The number of rotatable bonds is 14. The molecule has 0 saturated heterocycles. The van der Waals surface area contributed by atoms with Crippen LogP contribution in [0.15, 0.2) is 114 Å². The third-order valence-corrected chi connectivity index (χ3v) is 9.54. The van der Waals surface area contributed by atoms with Crippen LogP contribution in [0.5, 0.6) is 5.75 Å². The van der Waals surface area contributed by atoms with Crippen molar-refractivity contribution in [3.05, 3.63) is 124 Å². The summed E-state index contributed by atoms with van der Waals surface area (Å²) in [5.74, 6) is -0.214. The number of nitrogens with zero attached hydrogens (tertiary/aromatic N) is 2. The van der Waals surface area contributed by atoms with Gasteiger partial charge in [-0.3, -0.25) is 13.9 Å². The van der Waals surface area contributed by atoms with Gasteiger partial charge in [-0.1, -0.05) is 67.6 Å². The molecule has 0 aliphatic carbocycles. The van der Waals surface area contributed by atoms with Gasteiger partial charge in [-0.15, -0.1) is 0 Å². The van der Waals surface area contributed by atoms with Crippen LogP contribution < -0.4 is 14.4 Å². The first-order chi connectivity index (χ1) is 21.2. The highest BCUT2D eigenvalue weighted by Crippen LogP contribution is 2.26. The van der Waals surface area contributed by atoms with Crippen molar-refractivity contribution >= 4 is 50.1 Å². The predicted octanol–water partition coefficient (Wildman–Crippen LogP) is 5.66. The summed E-state index contributed by atoms with van der Waals surface area (Å²) in [4.78, 5) is 29.7. The summed E-state index contributed by atoms with van der Waals surface area (Å²) in [7, 11) is -2.57. The minimum atomic E-state index is -4.14. The summed E-state index contributed by atoms with van der Waals surface area (Å²) >= 11 is 2.15. The van der Waals surface area contributed by atoms with E-state index in [1.807, 2.05) is 49.4 Å². The van der Waals surface area contributed by atoms with E-state index < -0.39 is 28.5 Å². The van der Waals surface area contributed by atoms with Crippen molar-refractivity contribution in [2.75, 3.05) is 24.5 Å². The highest BCUT2D eigenvalue weighted by Gasteiger charge is 2.34. The number of hydrogen-bond donors (Lipinski definition) is 1. The number of amides is 2. The predicted molar refractivity (Wildman–Crippen MR) is 181 cm³/mol. The molecule has 0 spiro atoms. The normalized spacial score (nSPS) is 11.8. The maximum Gasteiger partial charge on any atom is 0.264 e. The summed E-state index contributed by atoms with van der Waals surface area (Å²) in [5.41, 5.74) is 1.96. The maximum absolute atomic E-state index is 14.4. The Bertz CT molecular complexity index is 1630. The number of carbonyl (C=O) groups excluding carboxylic acids is 2. The zero-order valence-electron chi connectivity index (χ0n) is 24.7. The lowest BCUT2D eigenvalue weighted by molar-refractivity contribution is -0.140. The van der Waals surface area contributed by atoms with Gasteiger partial charge < -0.3 is 15.0 Å². The molecule has 1 N–H and O–H groups in total. The highest BCUT2D eigenvalue weighted by atomic mass is 127. The Hall–Kier alpha value is -3.90. The number of carbonyl (C=O) groups is 2. The SMILES string of the molecule is CCCNC(=O)C(Cc1ccccc1)N(Cc1cccc(OC)c1)C(=O)CN(c1ccc(I)cc1)S(=O)(=O)c1ccccc1. The first kappa shape index (κ1) is 33.0. The number of benzene rings is 4. The summed E-state index contributed by atoms with van der Waals surface area (Å²) in [6.07, 6.45) is 0.977. The fraction of sp³-hybridized carbons (Fsp3) is 0.235. The molecule has 4 rings (SSSR count). The van der Waals surface area contributed by atoms with E-state index in [1.165, 1.54) is 17.0 Å². The fourth-order valence-corrected chi connectivity index (χ4v) is 6.54. The smallest absolute Gasteiger partial charge is 0.264 e. The van der Waals surface area contributed by atoms with Crippen molar-refractivity contribution in [3.8, 4) is 5.75 Å². The van der Waals surface area contributed by atoms with Crippen molar-refractivity contribution in [1.82, 2.24) is 10.2 Å². The molecule has 0 saturated carbocycles. The first-order valence-electron chi connectivity index (χ1n) is 14.3. The second kappa shape index (κ2) is 15.7. The second-order valence-corrected chi connectivity index (χ2v) is 13.3. The van der Waals surface area contributed by atoms with Crippen LogP contribution in [-0.4, -0.2) is 51.4 Å². The highest BCUT2D eigenvalue weighted by molar-refractivity contribution is 14.1. The zero-order chi connectivity index (χ0) is 31.5. The molecule has 0 fully saturated rings. The van der Waals surface area contributed by atoms with Crippen molar-refractivity contribution in [2.24, 2.45) is 0 Å². The fourth-order valence-electron chi connectivity index (χ4n) is 4.74. The molecule has 8 nitrogen and oxygen atoms in total. The van der Waals surface area contributed by atoms with Gasteiger partial charge in [0, 0.05) is 23.1 Å². The minimum Gasteiger partial charge on any atom is -0.497 e. The Morgan fingerprint density at radius 1 is 0.864 bits per heavy atom. The van der Waals surface area contributed by atoms with Gasteiger partial charge in [0.15, 0.2) is 0 Å². The molecule has 4 aromatic rings. The van der Waals surface area contributed by atoms with Crippen LogP contribution in [0.25, 0.3) is 0 Å². The average Bonchev–Trinajstić information content (AvgIpc) is 3.05. The molecule has 0 bridgehead atoms. The van der Waals surface area contributed by atoms with E-state index in [0.29, 0.717) is 18.0 Å². The number of ether oxygens (including phenoxy) is 1. The zero-order valence-corrected chi connectivity index (χ0v) is 27.7. The molecule has 0 radical (unpaired) electrons. The Kier molecular flexibility index (Phi) is 11.8. The van der Waals surface area contributed by atoms with Crippen LogP contribution in [0.3, 0.4) is 0 Å². The van der Waals surface area contributed by atoms with E-state index in [2.05, 4.69) is 27.9 Å². The first-order valence-corrected chi connectivity index (χ1v) is 16.8. The summed E-state index contributed by atoms with van der Waals surface area (Å²) in [6.45, 7) is 1.97. The molecular formula is C34H36IN3O5S. The van der Waals surface area contributed by atoms with Gasteiger partial charge in [0.1, 0.15) is 18.3 Å². The minimum absolute atomic E-state index is 0.0622. The van der Waals surface area contributed by atoms with Crippen LogP contribution in [-0.2, 0) is 32.6 Å². The van der Waals surface area contributed by atoms with Crippen molar-refractivity contribution in [2.45, 2.75) is 37.2 Å². The number of halogens is 1. The van der Waals surface area contributed by atoms with E-state index in [0.717, 1.165) is 25.4 Å². The van der Waals surface area contributed by atoms with Gasteiger partial charge in [0.2, 0.25) is 11.8 Å². The van der Waals surface area contributed by atoms with Crippen LogP contribution in [0, 0.1) is 3.57 Å². The standard InChI is InChI=1S/C34H36IN3O5S/c1-3-21-36-34(40)32(23-26-11-6-4-7-12-26)37(24-27-13-10-14-30(22-27)43-2)33(39)25-38(29-19-17-28(35)18-20-29)44(41,42)31-15-8-5-9-16-31/h4-20,22,32H,3,21,23-25H2,1-2H3,(H,36,40). The summed E-state index contributed by atoms with van der Waals surface area (Å²) in [6, 6.07) is 30.8. The van der Waals surface area contributed by atoms with Gasteiger partial charge in [-0.2, -0.15) is 0 Å². The van der Waals surface area contributed by atoms with Crippen LogP contribution >= 0.6 is 22.6 Å². The van der Waals surface area contributed by atoms with Gasteiger partial charge in [-0.25, -0.2) is 8.42 Å². The Balaban J connectivity index is 1.79. The Morgan fingerprint density at radius 2 is 1.50 bits per heavy atom. The van der Waals surface area contributed by atoms with E-state index in [9.17, 15) is 18.0 Å². The molecule has 0 aromatic heterocycles. The lowest BCUT2D eigenvalue weighted by Gasteiger charge is -2.34. The van der Waals surface area contributed by atoms with Crippen LogP contribution in [0.1, 0.15) is 24.5 Å². The average molecular weight is 726 g/mol. The van der Waals surface area contributed by atoms with Gasteiger partial charge in [-0.05, 0) is 88.7 Å². The monoisotopic (exact) mass is 725 g/mol. The van der Waals surface area contributed by atoms with E-state index >= 15 is 0 Å². The largest absolute Gasteiger partial charge is 0.497 e. The lowest BCUT2D eigenvalue weighted by atomic mass is 10.0. The van der Waals surface area contributed by atoms with E-state index in [4.69, 9.17) is 4.74 Å². The molecule has 2 amide bonds. The molecule has 0 aliphatic heterocycles. The molecule has 1 atom stereocenters. The molecule has 0 heterocycles. The number of methoxy groups -OCH3 is 1. The van der Waals surface area contributed by atoms with Crippen molar-refractivity contribution in [1.29, 1.82) is 0 Å². The molecule has 0 aliphatic rings. The molecule has 1 unspecified atom stereocenters. The van der Waals surface area contributed by atoms with Crippen molar-refractivity contribution < 1.29 is 22.7 Å². The topological polar surface area (TPSA) is 96.0 Å². The number of hydrogen-bond acceptors (Lipinski definition) is 5. The van der Waals surface area contributed by atoms with Gasteiger partial charge >= 0.3 is 0 Å². The summed E-state index contributed by atoms with van der Waals surface area (Å²) < 4.78 is 35.5. The van der Waals surface area contributed by atoms with Gasteiger partial charge in [0.25, 0.3) is 10.0 Å². The number of sulfonamides is 1. The third kappa shape index (κ3) is 8.60. The molecule has 4 aromatic carbocycles.